The molecule has 2 rings (SSSR count). The van der Waals surface area contributed by atoms with Crippen molar-refractivity contribution in [2.45, 2.75) is 51.2 Å². The van der Waals surface area contributed by atoms with E-state index in [4.69, 9.17) is 0 Å². The van der Waals surface area contributed by atoms with Gasteiger partial charge in [0, 0.05) is 12.6 Å². The van der Waals surface area contributed by atoms with Crippen molar-refractivity contribution < 1.29 is 5.11 Å². The van der Waals surface area contributed by atoms with Gasteiger partial charge in [0.15, 0.2) is 0 Å². The molecule has 4 atom stereocenters. The molecule has 2 nitrogen and oxygen atoms in total. The molecule has 0 aliphatic heterocycles. The molecule has 82 valence electrons. The van der Waals surface area contributed by atoms with Crippen molar-refractivity contribution in [3.05, 3.63) is 0 Å². The summed E-state index contributed by atoms with van der Waals surface area (Å²) in [5.41, 5.74) is 0. The molecule has 0 aromatic heterocycles. The molecular weight excluding hydrogens is 174 g/mol. The SMILES string of the molecule is CC1CC1CN(C)[C@@H]1CCCC[C@H]1O. The molecule has 2 aliphatic rings. The molecule has 0 radical (unpaired) electrons. The van der Waals surface area contributed by atoms with E-state index in [0.717, 1.165) is 18.3 Å². The number of aliphatic hydroxyl groups is 1. The molecule has 2 fully saturated rings. The van der Waals surface area contributed by atoms with E-state index in [1.807, 2.05) is 0 Å². The maximum atomic E-state index is 9.90. The van der Waals surface area contributed by atoms with Gasteiger partial charge in [-0.05, 0) is 38.1 Å². The Morgan fingerprint density at radius 1 is 1.29 bits per heavy atom. The summed E-state index contributed by atoms with van der Waals surface area (Å²) >= 11 is 0. The highest BCUT2D eigenvalue weighted by atomic mass is 16.3. The maximum absolute atomic E-state index is 9.90. The molecule has 0 saturated heterocycles. The lowest BCUT2D eigenvalue weighted by Gasteiger charge is -2.35. The Morgan fingerprint density at radius 3 is 2.50 bits per heavy atom. The van der Waals surface area contributed by atoms with E-state index in [-0.39, 0.29) is 6.10 Å². The minimum absolute atomic E-state index is 0.0668. The molecule has 0 amide bonds. The summed E-state index contributed by atoms with van der Waals surface area (Å²) in [7, 11) is 2.18. The molecule has 0 heterocycles. The highest BCUT2D eigenvalue weighted by Gasteiger charge is 2.36. The van der Waals surface area contributed by atoms with Crippen molar-refractivity contribution in [3.8, 4) is 0 Å². The van der Waals surface area contributed by atoms with Crippen LogP contribution in [0.1, 0.15) is 39.0 Å². The summed E-state index contributed by atoms with van der Waals surface area (Å²) in [6.07, 6.45) is 6.04. The van der Waals surface area contributed by atoms with Gasteiger partial charge in [-0.3, -0.25) is 0 Å². The third kappa shape index (κ3) is 2.29. The number of likely N-dealkylation sites (N-methyl/N-ethyl adjacent to an activating group) is 1. The number of aliphatic hydroxyl groups excluding tert-OH is 1. The van der Waals surface area contributed by atoms with Crippen LogP contribution in [0.4, 0.5) is 0 Å². The predicted molar refractivity (Wildman–Crippen MR) is 58.2 cm³/mol. The standard InChI is InChI=1S/C12H23NO/c1-9-7-10(9)8-13(2)11-5-3-4-6-12(11)14/h9-12,14H,3-8H2,1-2H3/t9?,10?,11-,12-/m1/s1. The quantitative estimate of drug-likeness (QED) is 0.746. The van der Waals surface area contributed by atoms with Crippen LogP contribution >= 0.6 is 0 Å². The van der Waals surface area contributed by atoms with Gasteiger partial charge in [-0.2, -0.15) is 0 Å². The molecule has 2 aliphatic carbocycles. The summed E-state index contributed by atoms with van der Waals surface area (Å²) in [6.45, 7) is 3.53. The summed E-state index contributed by atoms with van der Waals surface area (Å²) in [5, 5.41) is 9.90. The van der Waals surface area contributed by atoms with E-state index in [2.05, 4.69) is 18.9 Å². The lowest BCUT2D eigenvalue weighted by Crippen LogP contribution is -2.44. The Morgan fingerprint density at radius 2 is 1.93 bits per heavy atom. The van der Waals surface area contributed by atoms with Crippen LogP contribution in [0, 0.1) is 11.8 Å². The topological polar surface area (TPSA) is 23.5 Å². The van der Waals surface area contributed by atoms with Crippen molar-refractivity contribution in [1.29, 1.82) is 0 Å². The highest BCUT2D eigenvalue weighted by molar-refractivity contribution is 4.88. The van der Waals surface area contributed by atoms with Crippen LogP contribution in [-0.2, 0) is 0 Å². The Kier molecular flexibility index (Phi) is 3.13. The van der Waals surface area contributed by atoms with Crippen molar-refractivity contribution in [2.75, 3.05) is 13.6 Å². The van der Waals surface area contributed by atoms with Gasteiger partial charge in [-0.1, -0.05) is 19.8 Å². The molecule has 14 heavy (non-hydrogen) atoms. The van der Waals surface area contributed by atoms with Gasteiger partial charge in [-0.25, -0.2) is 0 Å². The first-order chi connectivity index (χ1) is 6.68. The van der Waals surface area contributed by atoms with Gasteiger partial charge in [0.05, 0.1) is 6.10 Å². The number of hydrogen-bond acceptors (Lipinski definition) is 2. The lowest BCUT2D eigenvalue weighted by atomic mass is 9.91. The number of hydrogen-bond donors (Lipinski definition) is 1. The third-order valence-corrected chi connectivity index (χ3v) is 4.06. The molecule has 2 saturated carbocycles. The van der Waals surface area contributed by atoms with Gasteiger partial charge in [-0.15, -0.1) is 0 Å². The second kappa shape index (κ2) is 4.19. The molecular formula is C12H23NO. The van der Waals surface area contributed by atoms with Gasteiger partial charge in [0.1, 0.15) is 0 Å². The average molecular weight is 197 g/mol. The summed E-state index contributed by atoms with van der Waals surface area (Å²) in [5.74, 6) is 1.84. The molecule has 0 aromatic rings. The fourth-order valence-corrected chi connectivity index (χ4v) is 2.76. The zero-order valence-corrected chi connectivity index (χ0v) is 9.45. The normalized spacial score (nSPS) is 42.9. The third-order valence-electron chi connectivity index (χ3n) is 4.06. The Bertz CT molecular complexity index is 195. The Labute approximate surface area is 87.3 Å². The smallest absolute Gasteiger partial charge is 0.0695 e. The van der Waals surface area contributed by atoms with Gasteiger partial charge < -0.3 is 10.0 Å². The monoisotopic (exact) mass is 197 g/mol. The van der Waals surface area contributed by atoms with Crippen molar-refractivity contribution in [3.63, 3.8) is 0 Å². The van der Waals surface area contributed by atoms with Gasteiger partial charge in [0.2, 0.25) is 0 Å². The Balaban J connectivity index is 1.80. The fraction of sp³-hybridized carbons (Fsp3) is 1.00. The fourth-order valence-electron chi connectivity index (χ4n) is 2.76. The molecule has 0 spiro atoms. The van der Waals surface area contributed by atoms with E-state index in [0.29, 0.717) is 6.04 Å². The predicted octanol–water partition coefficient (Wildman–Crippen LogP) is 1.88. The van der Waals surface area contributed by atoms with Crippen LogP contribution in [0.25, 0.3) is 0 Å². The summed E-state index contributed by atoms with van der Waals surface area (Å²) in [4.78, 5) is 2.40. The largest absolute Gasteiger partial charge is 0.391 e. The van der Waals surface area contributed by atoms with Gasteiger partial charge >= 0.3 is 0 Å². The first kappa shape index (κ1) is 10.4. The van der Waals surface area contributed by atoms with Crippen molar-refractivity contribution in [1.82, 2.24) is 4.90 Å². The van der Waals surface area contributed by atoms with Crippen LogP contribution in [-0.4, -0.2) is 35.7 Å². The minimum Gasteiger partial charge on any atom is -0.391 e. The average Bonchev–Trinajstić information content (AvgIpc) is 2.82. The van der Waals surface area contributed by atoms with Crippen LogP contribution in [0.3, 0.4) is 0 Å². The van der Waals surface area contributed by atoms with Crippen molar-refractivity contribution in [2.24, 2.45) is 11.8 Å². The molecule has 0 aromatic carbocycles. The Hall–Kier alpha value is -0.0800. The minimum atomic E-state index is -0.0668. The highest BCUT2D eigenvalue weighted by Crippen LogP contribution is 2.38. The van der Waals surface area contributed by atoms with Crippen LogP contribution < -0.4 is 0 Å². The second-order valence-corrected chi connectivity index (χ2v) is 5.33. The second-order valence-electron chi connectivity index (χ2n) is 5.33. The molecule has 2 unspecified atom stereocenters. The lowest BCUT2D eigenvalue weighted by molar-refractivity contribution is 0.0298. The maximum Gasteiger partial charge on any atom is 0.0695 e. The van der Waals surface area contributed by atoms with E-state index in [1.165, 1.54) is 32.2 Å². The zero-order valence-electron chi connectivity index (χ0n) is 9.45. The summed E-state index contributed by atoms with van der Waals surface area (Å²) < 4.78 is 0. The van der Waals surface area contributed by atoms with E-state index < -0.39 is 0 Å². The number of rotatable bonds is 3. The van der Waals surface area contributed by atoms with E-state index >= 15 is 0 Å². The van der Waals surface area contributed by atoms with Gasteiger partial charge in [0.25, 0.3) is 0 Å². The summed E-state index contributed by atoms with van der Waals surface area (Å²) in [6, 6.07) is 0.441. The van der Waals surface area contributed by atoms with Crippen LogP contribution in [0.2, 0.25) is 0 Å². The first-order valence-electron chi connectivity index (χ1n) is 6.07. The first-order valence-corrected chi connectivity index (χ1v) is 6.07. The molecule has 1 N–H and O–H groups in total. The van der Waals surface area contributed by atoms with Crippen molar-refractivity contribution >= 4 is 0 Å². The van der Waals surface area contributed by atoms with Crippen LogP contribution in [0.15, 0.2) is 0 Å². The van der Waals surface area contributed by atoms with Crippen LogP contribution in [0.5, 0.6) is 0 Å². The molecule has 2 heteroatoms. The van der Waals surface area contributed by atoms with E-state index in [1.54, 1.807) is 0 Å². The zero-order chi connectivity index (χ0) is 10.1. The van der Waals surface area contributed by atoms with E-state index in [9.17, 15) is 5.11 Å². The molecule has 0 bridgehead atoms. The number of nitrogens with zero attached hydrogens (tertiary/aromatic N) is 1.